The molecular formula is C15H23NO2. The van der Waals surface area contributed by atoms with E-state index in [9.17, 15) is 0 Å². The van der Waals surface area contributed by atoms with Gasteiger partial charge in [0, 0.05) is 18.6 Å². The fourth-order valence-electron chi connectivity index (χ4n) is 2.60. The Morgan fingerprint density at radius 1 is 1.33 bits per heavy atom. The van der Waals surface area contributed by atoms with Crippen LogP contribution in [0.1, 0.15) is 19.3 Å². The summed E-state index contributed by atoms with van der Waals surface area (Å²) in [6, 6.07) is 10.0. The highest BCUT2D eigenvalue weighted by molar-refractivity contribution is 5.20. The third-order valence-corrected chi connectivity index (χ3v) is 3.60. The summed E-state index contributed by atoms with van der Waals surface area (Å²) < 4.78 is 11.3. The lowest BCUT2D eigenvalue weighted by atomic mass is 9.82. The van der Waals surface area contributed by atoms with E-state index in [4.69, 9.17) is 9.47 Å². The molecule has 18 heavy (non-hydrogen) atoms. The Hall–Kier alpha value is -1.06. The molecule has 3 nitrogen and oxygen atoms in total. The summed E-state index contributed by atoms with van der Waals surface area (Å²) in [6.07, 6.45) is 3.42. The fourth-order valence-corrected chi connectivity index (χ4v) is 2.60. The molecule has 1 aliphatic rings. The average Bonchev–Trinajstić information content (AvgIpc) is 2.86. The first-order valence-corrected chi connectivity index (χ1v) is 6.75. The van der Waals surface area contributed by atoms with E-state index in [2.05, 4.69) is 5.32 Å². The van der Waals surface area contributed by atoms with E-state index in [1.165, 1.54) is 12.8 Å². The Kier molecular flexibility index (Phi) is 5.02. The lowest BCUT2D eigenvalue weighted by Gasteiger charge is -2.26. The van der Waals surface area contributed by atoms with E-state index in [-0.39, 0.29) is 0 Å². The van der Waals surface area contributed by atoms with Gasteiger partial charge in [-0.3, -0.25) is 0 Å². The van der Waals surface area contributed by atoms with Crippen molar-refractivity contribution in [1.29, 1.82) is 0 Å². The normalized spacial score (nSPS) is 23.2. The zero-order valence-electron chi connectivity index (χ0n) is 11.2. The Bertz CT molecular complexity index is 334. The van der Waals surface area contributed by atoms with Crippen molar-refractivity contribution in [1.82, 2.24) is 5.32 Å². The molecule has 1 fully saturated rings. The molecule has 1 aromatic rings. The maximum absolute atomic E-state index is 5.73. The Labute approximate surface area is 109 Å². The topological polar surface area (TPSA) is 30.5 Å². The van der Waals surface area contributed by atoms with Crippen molar-refractivity contribution >= 4 is 0 Å². The number of nitrogens with one attached hydrogen (secondary N) is 1. The number of benzene rings is 1. The van der Waals surface area contributed by atoms with Crippen LogP contribution in [0.15, 0.2) is 30.3 Å². The highest BCUT2D eigenvalue weighted by atomic mass is 16.5. The predicted octanol–water partition coefficient (Wildman–Crippen LogP) is 2.47. The third kappa shape index (κ3) is 3.72. The second-order valence-corrected chi connectivity index (χ2v) is 5.10. The number of ether oxygens (including phenoxy) is 2. The molecule has 2 rings (SSSR count). The quantitative estimate of drug-likeness (QED) is 0.753. The molecule has 1 saturated heterocycles. The first-order valence-electron chi connectivity index (χ1n) is 6.75. The fraction of sp³-hybridized carbons (Fsp3) is 0.600. The van der Waals surface area contributed by atoms with Crippen LogP contribution in [0.25, 0.3) is 0 Å². The van der Waals surface area contributed by atoms with Gasteiger partial charge < -0.3 is 14.8 Å². The van der Waals surface area contributed by atoms with Crippen molar-refractivity contribution in [3.8, 4) is 5.75 Å². The summed E-state index contributed by atoms with van der Waals surface area (Å²) in [7, 11) is 2.01. The van der Waals surface area contributed by atoms with Crippen molar-refractivity contribution < 1.29 is 9.47 Å². The summed E-state index contributed by atoms with van der Waals surface area (Å²) in [5, 5.41) is 3.29. The lowest BCUT2D eigenvalue weighted by molar-refractivity contribution is 0.139. The summed E-state index contributed by atoms with van der Waals surface area (Å²) in [5.74, 6) is 0.961. The van der Waals surface area contributed by atoms with Crippen LogP contribution in [0.3, 0.4) is 0 Å². The van der Waals surface area contributed by atoms with E-state index < -0.39 is 0 Å². The molecule has 0 amide bonds. The summed E-state index contributed by atoms with van der Waals surface area (Å²) in [5.41, 5.74) is 0.328. The van der Waals surface area contributed by atoms with Crippen molar-refractivity contribution in [3.63, 3.8) is 0 Å². The van der Waals surface area contributed by atoms with Crippen LogP contribution in [-0.4, -0.2) is 33.4 Å². The summed E-state index contributed by atoms with van der Waals surface area (Å²) in [4.78, 5) is 0. The molecule has 1 heterocycles. The minimum absolute atomic E-state index is 0.328. The summed E-state index contributed by atoms with van der Waals surface area (Å²) in [6.45, 7) is 3.62. The highest BCUT2D eigenvalue weighted by Gasteiger charge is 2.33. The van der Waals surface area contributed by atoms with Gasteiger partial charge in [-0.05, 0) is 38.4 Å². The minimum atomic E-state index is 0.328. The molecule has 0 radical (unpaired) electrons. The zero-order valence-corrected chi connectivity index (χ0v) is 11.2. The average molecular weight is 249 g/mol. The van der Waals surface area contributed by atoms with Gasteiger partial charge in [0.2, 0.25) is 0 Å². The molecule has 0 spiro atoms. The molecule has 1 atom stereocenters. The van der Waals surface area contributed by atoms with Crippen LogP contribution in [0.4, 0.5) is 0 Å². The van der Waals surface area contributed by atoms with Gasteiger partial charge in [-0.25, -0.2) is 0 Å². The Balaban J connectivity index is 1.71. The van der Waals surface area contributed by atoms with E-state index in [1.54, 1.807) is 0 Å². The molecule has 1 aliphatic heterocycles. The van der Waals surface area contributed by atoms with Gasteiger partial charge in [0.05, 0.1) is 13.2 Å². The molecule has 3 heteroatoms. The van der Waals surface area contributed by atoms with Gasteiger partial charge in [0.1, 0.15) is 5.75 Å². The number of hydrogen-bond acceptors (Lipinski definition) is 3. The third-order valence-electron chi connectivity index (χ3n) is 3.60. The van der Waals surface area contributed by atoms with Gasteiger partial charge in [-0.15, -0.1) is 0 Å². The predicted molar refractivity (Wildman–Crippen MR) is 73.0 cm³/mol. The SMILES string of the molecule is CNCC1(CCCOc2ccccc2)CCOC1. The highest BCUT2D eigenvalue weighted by Crippen LogP contribution is 2.32. The Morgan fingerprint density at radius 3 is 2.83 bits per heavy atom. The van der Waals surface area contributed by atoms with Crippen LogP contribution in [0.2, 0.25) is 0 Å². The molecule has 1 unspecified atom stereocenters. The maximum Gasteiger partial charge on any atom is 0.119 e. The van der Waals surface area contributed by atoms with E-state index >= 15 is 0 Å². The van der Waals surface area contributed by atoms with E-state index in [0.717, 1.165) is 38.5 Å². The number of para-hydroxylation sites is 1. The van der Waals surface area contributed by atoms with Gasteiger partial charge in [0.15, 0.2) is 0 Å². The molecule has 0 aromatic heterocycles. The molecular weight excluding hydrogens is 226 g/mol. The van der Waals surface area contributed by atoms with E-state index in [0.29, 0.717) is 5.41 Å². The Morgan fingerprint density at radius 2 is 2.17 bits per heavy atom. The molecule has 100 valence electrons. The monoisotopic (exact) mass is 249 g/mol. The first-order chi connectivity index (χ1) is 8.85. The largest absolute Gasteiger partial charge is 0.494 e. The van der Waals surface area contributed by atoms with Gasteiger partial charge in [-0.1, -0.05) is 18.2 Å². The number of hydrogen-bond donors (Lipinski definition) is 1. The van der Waals surface area contributed by atoms with Gasteiger partial charge in [0.25, 0.3) is 0 Å². The van der Waals surface area contributed by atoms with Crippen molar-refractivity contribution in [3.05, 3.63) is 30.3 Å². The number of rotatable bonds is 7. The van der Waals surface area contributed by atoms with Gasteiger partial charge >= 0.3 is 0 Å². The molecule has 1 aromatic carbocycles. The maximum atomic E-state index is 5.73. The molecule has 1 N–H and O–H groups in total. The smallest absolute Gasteiger partial charge is 0.119 e. The standard InChI is InChI=1S/C15H23NO2/c1-16-12-15(9-11-17-13-15)8-5-10-18-14-6-3-2-4-7-14/h2-4,6-7,16H,5,8-13H2,1H3. The minimum Gasteiger partial charge on any atom is -0.494 e. The second kappa shape index (κ2) is 6.76. The van der Waals surface area contributed by atoms with E-state index in [1.807, 2.05) is 37.4 Å². The van der Waals surface area contributed by atoms with Crippen LogP contribution < -0.4 is 10.1 Å². The van der Waals surface area contributed by atoms with Crippen LogP contribution in [0.5, 0.6) is 5.75 Å². The zero-order chi connectivity index (χ0) is 12.7. The van der Waals surface area contributed by atoms with Crippen LogP contribution in [0, 0.1) is 5.41 Å². The lowest BCUT2D eigenvalue weighted by Crippen LogP contribution is -2.33. The van der Waals surface area contributed by atoms with Crippen LogP contribution >= 0.6 is 0 Å². The molecule has 0 aliphatic carbocycles. The summed E-state index contributed by atoms with van der Waals surface area (Å²) >= 11 is 0. The second-order valence-electron chi connectivity index (χ2n) is 5.10. The van der Waals surface area contributed by atoms with Crippen LogP contribution in [-0.2, 0) is 4.74 Å². The first kappa shape index (κ1) is 13.4. The van der Waals surface area contributed by atoms with Crippen molar-refractivity contribution in [2.45, 2.75) is 19.3 Å². The van der Waals surface area contributed by atoms with Gasteiger partial charge in [-0.2, -0.15) is 0 Å². The molecule has 0 bridgehead atoms. The molecule has 0 saturated carbocycles. The van der Waals surface area contributed by atoms with Crippen molar-refractivity contribution in [2.24, 2.45) is 5.41 Å². The van der Waals surface area contributed by atoms with Crippen molar-refractivity contribution in [2.75, 3.05) is 33.4 Å².